The molecule has 3 heterocycles. The molecule has 0 radical (unpaired) electrons. The summed E-state index contributed by atoms with van der Waals surface area (Å²) in [6.45, 7) is 4.05. The van der Waals surface area contributed by atoms with Gasteiger partial charge in [-0.3, -0.25) is 4.68 Å². The minimum atomic E-state index is 0.507. The molecule has 0 saturated carbocycles. The van der Waals surface area contributed by atoms with Crippen LogP contribution in [0.4, 0.5) is 5.82 Å². The molecule has 3 aromatic heterocycles. The van der Waals surface area contributed by atoms with Gasteiger partial charge in [0.25, 0.3) is 0 Å². The van der Waals surface area contributed by atoms with Crippen LogP contribution in [0.1, 0.15) is 11.4 Å². The van der Waals surface area contributed by atoms with Crippen LogP contribution < -0.4 is 5.73 Å². The SMILES string of the molecule is Cc1nn(C)c(C)c1-c1csc(-c2cccnc2N)n1. The summed E-state index contributed by atoms with van der Waals surface area (Å²) in [7, 11) is 1.94. The molecule has 0 aliphatic heterocycles. The Kier molecular flexibility index (Phi) is 3.02. The molecule has 0 aliphatic carbocycles. The summed E-state index contributed by atoms with van der Waals surface area (Å²) in [6.07, 6.45) is 1.68. The lowest BCUT2D eigenvalue weighted by Crippen LogP contribution is -1.93. The monoisotopic (exact) mass is 285 g/mol. The van der Waals surface area contributed by atoms with Gasteiger partial charge in [0.1, 0.15) is 10.8 Å². The predicted octanol–water partition coefficient (Wildman–Crippen LogP) is 2.80. The van der Waals surface area contributed by atoms with Gasteiger partial charge in [0.2, 0.25) is 0 Å². The lowest BCUT2D eigenvalue weighted by Gasteiger charge is -2.00. The van der Waals surface area contributed by atoms with Crippen LogP contribution in [0.25, 0.3) is 21.8 Å². The Balaban J connectivity index is 2.09. The number of nitrogens with two attached hydrogens (primary N) is 1. The first kappa shape index (κ1) is 12.8. The van der Waals surface area contributed by atoms with E-state index in [9.17, 15) is 0 Å². The van der Waals surface area contributed by atoms with Crippen molar-refractivity contribution in [3.05, 3.63) is 35.1 Å². The number of thiazole rings is 1. The highest BCUT2D eigenvalue weighted by Gasteiger charge is 2.16. The summed E-state index contributed by atoms with van der Waals surface area (Å²) in [5.41, 5.74) is 10.9. The average Bonchev–Trinajstić information content (AvgIpc) is 2.96. The molecule has 0 aromatic carbocycles. The molecule has 0 amide bonds. The Morgan fingerprint density at radius 2 is 2.10 bits per heavy atom. The maximum Gasteiger partial charge on any atom is 0.133 e. The Labute approximate surface area is 121 Å². The number of nitrogen functional groups attached to an aromatic ring is 1. The topological polar surface area (TPSA) is 69.6 Å². The van der Waals surface area contributed by atoms with E-state index < -0.39 is 0 Å². The molecule has 3 aromatic rings. The van der Waals surface area contributed by atoms with Crippen molar-refractivity contribution >= 4 is 17.2 Å². The Morgan fingerprint density at radius 3 is 2.75 bits per heavy atom. The molecule has 2 N–H and O–H groups in total. The van der Waals surface area contributed by atoms with Crippen molar-refractivity contribution in [1.82, 2.24) is 19.7 Å². The molecule has 5 nitrogen and oxygen atoms in total. The zero-order valence-electron chi connectivity index (χ0n) is 11.6. The van der Waals surface area contributed by atoms with Crippen molar-refractivity contribution in [2.75, 3.05) is 5.73 Å². The summed E-state index contributed by atoms with van der Waals surface area (Å²) in [6, 6.07) is 3.81. The zero-order chi connectivity index (χ0) is 14.3. The van der Waals surface area contributed by atoms with Gasteiger partial charge in [0.05, 0.1) is 17.0 Å². The van der Waals surface area contributed by atoms with Crippen LogP contribution in [0.5, 0.6) is 0 Å². The number of nitrogens with zero attached hydrogens (tertiary/aromatic N) is 4. The number of hydrogen-bond acceptors (Lipinski definition) is 5. The average molecular weight is 285 g/mol. The zero-order valence-corrected chi connectivity index (χ0v) is 12.4. The highest BCUT2D eigenvalue weighted by molar-refractivity contribution is 7.13. The van der Waals surface area contributed by atoms with Gasteiger partial charge in [-0.05, 0) is 26.0 Å². The molecule has 0 saturated heterocycles. The Hall–Kier alpha value is -2.21. The first-order valence-corrected chi connectivity index (χ1v) is 7.13. The van der Waals surface area contributed by atoms with Crippen LogP contribution >= 0.6 is 11.3 Å². The number of pyridine rings is 1. The second kappa shape index (κ2) is 4.72. The number of aromatic nitrogens is 4. The minimum Gasteiger partial charge on any atom is -0.383 e. The quantitative estimate of drug-likeness (QED) is 0.786. The van der Waals surface area contributed by atoms with Crippen molar-refractivity contribution in [3.8, 4) is 21.8 Å². The lowest BCUT2D eigenvalue weighted by atomic mass is 10.1. The van der Waals surface area contributed by atoms with Crippen molar-refractivity contribution < 1.29 is 0 Å². The largest absolute Gasteiger partial charge is 0.383 e. The van der Waals surface area contributed by atoms with Crippen LogP contribution in [0, 0.1) is 13.8 Å². The van der Waals surface area contributed by atoms with Gasteiger partial charge in [0.15, 0.2) is 0 Å². The van der Waals surface area contributed by atoms with Crippen LogP contribution in [-0.2, 0) is 7.05 Å². The first-order valence-electron chi connectivity index (χ1n) is 6.25. The van der Waals surface area contributed by atoms with E-state index in [0.29, 0.717) is 5.82 Å². The van der Waals surface area contributed by atoms with Gasteiger partial charge in [-0.1, -0.05) is 0 Å². The fourth-order valence-electron chi connectivity index (χ4n) is 2.25. The molecular formula is C14H15N5S. The summed E-state index contributed by atoms with van der Waals surface area (Å²) in [5.74, 6) is 0.507. The second-order valence-electron chi connectivity index (χ2n) is 4.64. The second-order valence-corrected chi connectivity index (χ2v) is 5.50. The van der Waals surface area contributed by atoms with Gasteiger partial charge in [-0.25, -0.2) is 9.97 Å². The van der Waals surface area contributed by atoms with Crippen molar-refractivity contribution in [3.63, 3.8) is 0 Å². The first-order chi connectivity index (χ1) is 9.58. The standard InChI is InChI=1S/C14H15N5S/c1-8-12(9(2)19(3)18-8)11-7-20-14(17-11)10-5-4-6-16-13(10)15/h4-7H,1-3H3,(H2,15,16). The Bertz CT molecular complexity index is 772. The molecular weight excluding hydrogens is 270 g/mol. The Morgan fingerprint density at radius 1 is 1.30 bits per heavy atom. The number of rotatable bonds is 2. The summed E-state index contributed by atoms with van der Waals surface area (Å²) >= 11 is 1.57. The number of hydrogen-bond donors (Lipinski definition) is 1. The molecule has 6 heteroatoms. The molecule has 0 fully saturated rings. The van der Waals surface area contributed by atoms with Gasteiger partial charge in [0, 0.05) is 29.9 Å². The lowest BCUT2D eigenvalue weighted by molar-refractivity contribution is 0.731. The van der Waals surface area contributed by atoms with Crippen molar-refractivity contribution in [1.29, 1.82) is 0 Å². The number of anilines is 1. The van der Waals surface area contributed by atoms with Crippen LogP contribution in [0.15, 0.2) is 23.7 Å². The normalized spacial score (nSPS) is 10.9. The van der Waals surface area contributed by atoms with Crippen molar-refractivity contribution in [2.24, 2.45) is 7.05 Å². The maximum absolute atomic E-state index is 5.90. The summed E-state index contributed by atoms with van der Waals surface area (Å²) < 4.78 is 1.88. The highest BCUT2D eigenvalue weighted by Crippen LogP contribution is 2.33. The van der Waals surface area contributed by atoms with E-state index in [-0.39, 0.29) is 0 Å². The molecule has 20 heavy (non-hydrogen) atoms. The van der Waals surface area contributed by atoms with Crippen LogP contribution in [0.2, 0.25) is 0 Å². The number of aryl methyl sites for hydroxylation is 2. The van der Waals surface area contributed by atoms with E-state index in [2.05, 4.69) is 10.1 Å². The van der Waals surface area contributed by atoms with Crippen LogP contribution in [-0.4, -0.2) is 19.7 Å². The van der Waals surface area contributed by atoms with Gasteiger partial charge in [-0.2, -0.15) is 5.10 Å². The smallest absolute Gasteiger partial charge is 0.133 e. The maximum atomic E-state index is 5.90. The molecule has 0 unspecified atom stereocenters. The molecule has 0 atom stereocenters. The van der Waals surface area contributed by atoms with Crippen molar-refractivity contribution in [2.45, 2.75) is 13.8 Å². The highest BCUT2D eigenvalue weighted by atomic mass is 32.1. The van der Waals surface area contributed by atoms with E-state index in [1.807, 2.05) is 43.1 Å². The molecule has 0 bridgehead atoms. The van der Waals surface area contributed by atoms with Gasteiger partial charge in [-0.15, -0.1) is 11.3 Å². The third-order valence-corrected chi connectivity index (χ3v) is 4.21. The van der Waals surface area contributed by atoms with E-state index in [0.717, 1.165) is 33.2 Å². The van der Waals surface area contributed by atoms with E-state index >= 15 is 0 Å². The fourth-order valence-corrected chi connectivity index (χ4v) is 3.10. The van der Waals surface area contributed by atoms with E-state index in [1.54, 1.807) is 17.5 Å². The van der Waals surface area contributed by atoms with E-state index in [4.69, 9.17) is 10.7 Å². The summed E-state index contributed by atoms with van der Waals surface area (Å²) in [5, 5.41) is 7.35. The third-order valence-electron chi connectivity index (χ3n) is 3.34. The molecule has 102 valence electrons. The van der Waals surface area contributed by atoms with E-state index in [1.165, 1.54) is 0 Å². The molecule has 0 aliphatic rings. The van der Waals surface area contributed by atoms with Gasteiger partial charge >= 0.3 is 0 Å². The fraction of sp³-hybridized carbons (Fsp3) is 0.214. The predicted molar refractivity (Wildman–Crippen MR) is 81.4 cm³/mol. The van der Waals surface area contributed by atoms with Gasteiger partial charge < -0.3 is 5.73 Å². The molecule has 3 rings (SSSR count). The molecule has 0 spiro atoms. The van der Waals surface area contributed by atoms with Crippen LogP contribution in [0.3, 0.4) is 0 Å². The third kappa shape index (κ3) is 1.98. The minimum absolute atomic E-state index is 0.507. The summed E-state index contributed by atoms with van der Waals surface area (Å²) in [4.78, 5) is 8.80.